The molecule has 1 N–H and O–H groups in total. The van der Waals surface area contributed by atoms with Gasteiger partial charge in [0.25, 0.3) is 0 Å². The van der Waals surface area contributed by atoms with Crippen LogP contribution in [0.4, 0.5) is 0 Å². The second-order valence-corrected chi connectivity index (χ2v) is 20.6. The summed E-state index contributed by atoms with van der Waals surface area (Å²) in [6, 6.07) is 94.3. The van der Waals surface area contributed by atoms with E-state index in [-0.39, 0.29) is 0 Å². The third-order valence-electron chi connectivity index (χ3n) is 16.9. The maximum absolute atomic E-state index is 5.14. The number of pyridine rings is 1. The summed E-state index contributed by atoms with van der Waals surface area (Å²) in [6.07, 6.45) is 6.56. The lowest BCUT2D eigenvalue weighted by Crippen LogP contribution is -2.30. The van der Waals surface area contributed by atoms with Crippen molar-refractivity contribution in [1.29, 1.82) is 0 Å². The zero-order chi connectivity index (χ0) is 50.0. The van der Waals surface area contributed by atoms with Gasteiger partial charge in [-0.3, -0.25) is 4.98 Å². The van der Waals surface area contributed by atoms with Crippen LogP contribution in [-0.2, 0) is 10.8 Å². The predicted octanol–water partition coefficient (Wildman–Crippen LogP) is 16.5. The molecule has 0 bridgehead atoms. The molecule has 76 heavy (non-hydrogen) atoms. The van der Waals surface area contributed by atoms with Gasteiger partial charge in [-0.25, -0.2) is 0 Å². The van der Waals surface area contributed by atoms with Crippen molar-refractivity contribution in [3.8, 4) is 33.8 Å². The predicted molar refractivity (Wildman–Crippen MR) is 312 cm³/mol. The molecule has 4 heterocycles. The fraction of sp³-hybridized carbons (Fsp3) is 0.0417. The van der Waals surface area contributed by atoms with Crippen molar-refractivity contribution in [1.82, 2.24) is 19.4 Å². The summed E-state index contributed by atoms with van der Waals surface area (Å²) in [4.78, 5) is 5.14. The van der Waals surface area contributed by atoms with Crippen LogP contribution >= 0.6 is 0 Å². The number of fused-ring (bicyclic) bond motifs is 11. The van der Waals surface area contributed by atoms with E-state index in [1.807, 2.05) is 6.20 Å². The van der Waals surface area contributed by atoms with Crippen LogP contribution in [-0.4, -0.2) is 20.7 Å². The molecule has 13 aromatic rings. The average molecular weight is 969 g/mol. The van der Waals surface area contributed by atoms with Crippen LogP contribution < -0.4 is 5.32 Å². The lowest BCUT2D eigenvalue weighted by molar-refractivity contribution is 0.755. The molecule has 4 heteroatoms. The van der Waals surface area contributed by atoms with Crippen LogP contribution in [0.25, 0.3) is 83.1 Å². The molecule has 0 saturated heterocycles. The molecule has 3 aromatic heterocycles. The molecule has 16 rings (SSSR count). The highest BCUT2D eigenvalue weighted by Crippen LogP contribution is 2.57. The number of benzene rings is 10. The van der Waals surface area contributed by atoms with Gasteiger partial charge in [-0.15, -0.1) is 0 Å². The standard InChI is InChI=1S/C72H48N4/c1-5-19-49(20-6-1)71(50-21-7-2-8-22-50)61-37-35-53(45-59(61)69-63(71)29-17-41-73-69)75-65-31-15-13-27-55(65)57-43-47(33-39-67(57)75)48-34-40-68-58(44-48)56-28-14-16-32-66(56)76(68)54-36-38-62-60(46-54)70-64(30-18-42-74-70)72(62,51-23-9-3-10-24-51)52-25-11-4-12-26-52/h1-41,43-46,74H,42H2. The van der Waals surface area contributed by atoms with Crippen molar-refractivity contribution < 1.29 is 0 Å². The molecular weight excluding hydrogens is 921 g/mol. The lowest BCUT2D eigenvalue weighted by Gasteiger charge is -2.35. The van der Waals surface area contributed by atoms with Gasteiger partial charge in [0.2, 0.25) is 0 Å². The van der Waals surface area contributed by atoms with Crippen molar-refractivity contribution in [3.63, 3.8) is 0 Å². The van der Waals surface area contributed by atoms with Crippen LogP contribution in [0, 0.1) is 0 Å². The number of dihydropyridines is 1. The number of aromatic nitrogens is 3. The highest BCUT2D eigenvalue weighted by Gasteiger charge is 2.49. The van der Waals surface area contributed by atoms with Gasteiger partial charge in [0, 0.05) is 62.5 Å². The Hall–Kier alpha value is -9.77. The van der Waals surface area contributed by atoms with E-state index in [2.05, 4.69) is 281 Å². The molecule has 0 spiro atoms. The average Bonchev–Trinajstić information content (AvgIpc) is 4.31. The van der Waals surface area contributed by atoms with Gasteiger partial charge in [-0.2, -0.15) is 0 Å². The topological polar surface area (TPSA) is 34.8 Å². The summed E-state index contributed by atoms with van der Waals surface area (Å²) < 4.78 is 4.90. The number of hydrogen-bond acceptors (Lipinski definition) is 2. The summed E-state index contributed by atoms with van der Waals surface area (Å²) in [5.41, 5.74) is 23.0. The Morgan fingerprint density at radius 1 is 0.368 bits per heavy atom. The highest BCUT2D eigenvalue weighted by atomic mass is 15.0. The Bertz CT molecular complexity index is 4480. The zero-order valence-corrected chi connectivity index (χ0v) is 41.5. The maximum Gasteiger partial charge on any atom is 0.0753 e. The Morgan fingerprint density at radius 2 is 0.829 bits per heavy atom. The molecule has 1 aliphatic heterocycles. The molecule has 356 valence electrons. The van der Waals surface area contributed by atoms with E-state index in [1.165, 1.54) is 111 Å². The molecule has 0 saturated carbocycles. The van der Waals surface area contributed by atoms with E-state index >= 15 is 0 Å². The molecule has 3 aliphatic rings. The van der Waals surface area contributed by atoms with Crippen LogP contribution in [0.15, 0.2) is 279 Å². The smallest absolute Gasteiger partial charge is 0.0753 e. The normalized spacial score (nSPS) is 14.7. The minimum atomic E-state index is -0.505. The lowest BCUT2D eigenvalue weighted by atomic mass is 9.66. The summed E-state index contributed by atoms with van der Waals surface area (Å²) in [7, 11) is 0. The molecule has 0 radical (unpaired) electrons. The first-order valence-corrected chi connectivity index (χ1v) is 26.4. The van der Waals surface area contributed by atoms with Gasteiger partial charge < -0.3 is 14.5 Å². The fourth-order valence-corrected chi connectivity index (χ4v) is 13.9. The van der Waals surface area contributed by atoms with Gasteiger partial charge in [-0.1, -0.05) is 200 Å². The number of nitrogens with zero attached hydrogens (tertiary/aromatic N) is 3. The van der Waals surface area contributed by atoms with Crippen LogP contribution in [0.3, 0.4) is 0 Å². The first-order chi connectivity index (χ1) is 37.7. The summed E-state index contributed by atoms with van der Waals surface area (Å²) in [5.74, 6) is 0. The van der Waals surface area contributed by atoms with E-state index in [9.17, 15) is 0 Å². The first-order valence-electron chi connectivity index (χ1n) is 26.4. The molecule has 0 amide bonds. The zero-order valence-electron chi connectivity index (χ0n) is 41.5. The molecule has 10 aromatic carbocycles. The Kier molecular flexibility index (Phi) is 9.20. The van der Waals surface area contributed by atoms with Crippen LogP contribution in [0.1, 0.15) is 44.5 Å². The number of para-hydroxylation sites is 2. The van der Waals surface area contributed by atoms with E-state index < -0.39 is 10.8 Å². The van der Waals surface area contributed by atoms with Gasteiger partial charge in [0.15, 0.2) is 0 Å². The summed E-state index contributed by atoms with van der Waals surface area (Å²) in [5, 5.41) is 8.75. The van der Waals surface area contributed by atoms with Crippen LogP contribution in [0.2, 0.25) is 0 Å². The molecule has 0 unspecified atom stereocenters. The summed E-state index contributed by atoms with van der Waals surface area (Å²) >= 11 is 0. The van der Waals surface area contributed by atoms with E-state index in [0.717, 1.165) is 29.2 Å². The maximum atomic E-state index is 5.14. The van der Waals surface area contributed by atoms with Gasteiger partial charge in [0.1, 0.15) is 0 Å². The molecule has 0 atom stereocenters. The first kappa shape index (κ1) is 42.7. The largest absolute Gasteiger partial charge is 0.381 e. The summed E-state index contributed by atoms with van der Waals surface area (Å²) in [6.45, 7) is 0.790. The Balaban J connectivity index is 0.832. The molecule has 4 nitrogen and oxygen atoms in total. The van der Waals surface area contributed by atoms with Crippen molar-refractivity contribution in [2.24, 2.45) is 0 Å². The van der Waals surface area contributed by atoms with Crippen LogP contribution in [0.5, 0.6) is 0 Å². The van der Waals surface area contributed by atoms with Gasteiger partial charge >= 0.3 is 0 Å². The minimum absolute atomic E-state index is 0.457. The van der Waals surface area contributed by atoms with E-state index in [0.29, 0.717) is 0 Å². The second-order valence-electron chi connectivity index (χ2n) is 20.6. The SMILES string of the molecule is C1=CC2=C(NC1)c1cc(-n3c4ccccc4c4cc(-c5ccc6c(c5)c5ccccc5n6-c5ccc6c(c5)-c5ncccc5C6(c5ccccc5)c5ccccc5)ccc43)ccc1C2(c1ccccc1)c1ccccc1. The van der Waals surface area contributed by atoms with E-state index in [1.54, 1.807) is 0 Å². The van der Waals surface area contributed by atoms with Crippen molar-refractivity contribution in [2.45, 2.75) is 10.8 Å². The Morgan fingerprint density at radius 3 is 1.37 bits per heavy atom. The number of nitrogens with one attached hydrogen (secondary N) is 1. The third-order valence-corrected chi connectivity index (χ3v) is 16.9. The fourth-order valence-electron chi connectivity index (χ4n) is 13.9. The van der Waals surface area contributed by atoms with Crippen molar-refractivity contribution >= 4 is 49.3 Å². The van der Waals surface area contributed by atoms with Gasteiger partial charge in [-0.05, 0) is 122 Å². The van der Waals surface area contributed by atoms with E-state index in [4.69, 9.17) is 4.98 Å². The monoisotopic (exact) mass is 968 g/mol. The molecular formula is C72H48N4. The quantitative estimate of drug-likeness (QED) is 0.173. The van der Waals surface area contributed by atoms with Crippen molar-refractivity contribution in [3.05, 3.63) is 323 Å². The second kappa shape index (κ2) is 16.4. The molecule has 2 aliphatic carbocycles. The third kappa shape index (κ3) is 5.81. The van der Waals surface area contributed by atoms with Gasteiger partial charge in [0.05, 0.1) is 38.6 Å². The highest BCUT2D eigenvalue weighted by molar-refractivity contribution is 6.13. The number of rotatable bonds is 7. The Labute approximate surface area is 440 Å². The number of allylic oxidation sites excluding steroid dienone is 2. The minimum Gasteiger partial charge on any atom is -0.381 e. The van der Waals surface area contributed by atoms with Crippen molar-refractivity contribution in [2.75, 3.05) is 6.54 Å². The molecule has 0 fully saturated rings. The number of hydrogen-bond donors (Lipinski definition) is 1.